The zero-order chi connectivity index (χ0) is 19.2. The maximum Gasteiger partial charge on any atom is 0.321 e. The first kappa shape index (κ1) is 19.5. The number of quaternary nitrogens is 1. The number of benzene rings is 1. The smallest absolute Gasteiger partial charge is 0.321 e. The highest BCUT2D eigenvalue weighted by Gasteiger charge is 2.30. The molecule has 7 nitrogen and oxygen atoms in total. The lowest BCUT2D eigenvalue weighted by atomic mass is 9.96. The third-order valence-corrected chi connectivity index (χ3v) is 5.80. The van der Waals surface area contributed by atoms with Gasteiger partial charge in [0.1, 0.15) is 5.75 Å². The van der Waals surface area contributed by atoms with Crippen molar-refractivity contribution >= 4 is 17.6 Å². The second-order valence-corrected chi connectivity index (χ2v) is 7.68. The average molecular weight is 375 g/mol. The summed E-state index contributed by atoms with van der Waals surface area (Å²) in [6.45, 7) is 5.23. The molecule has 1 saturated carbocycles. The number of imide groups is 1. The van der Waals surface area contributed by atoms with Gasteiger partial charge >= 0.3 is 6.03 Å². The molecule has 1 aliphatic carbocycles. The van der Waals surface area contributed by atoms with Gasteiger partial charge in [-0.05, 0) is 44.0 Å². The second kappa shape index (κ2) is 9.08. The van der Waals surface area contributed by atoms with Crippen molar-refractivity contribution in [2.24, 2.45) is 0 Å². The Bertz CT molecular complexity index is 635. The number of carbonyl (C=O) groups excluding carboxylic acids is 2. The number of nitrogens with one attached hydrogen (secondary N) is 3. The molecule has 1 atom stereocenters. The number of hydrogen-bond acceptors (Lipinski definition) is 4. The first-order valence-corrected chi connectivity index (χ1v) is 10.0. The molecule has 4 N–H and O–H groups in total. The van der Waals surface area contributed by atoms with Crippen LogP contribution in [0, 0.1) is 0 Å². The normalized spacial score (nSPS) is 20.1. The number of phenolic OH excluding ortho intramolecular Hbond substituents is 1. The summed E-state index contributed by atoms with van der Waals surface area (Å²) in [7, 11) is 0. The Labute approximate surface area is 160 Å². The molecular weight excluding hydrogens is 344 g/mol. The molecule has 1 aromatic rings. The van der Waals surface area contributed by atoms with Crippen molar-refractivity contribution in [3.05, 3.63) is 24.3 Å². The van der Waals surface area contributed by atoms with Gasteiger partial charge < -0.3 is 20.2 Å². The molecule has 148 valence electrons. The quantitative estimate of drug-likeness (QED) is 0.622. The van der Waals surface area contributed by atoms with Gasteiger partial charge in [-0.1, -0.05) is 19.3 Å². The first-order chi connectivity index (χ1) is 13.0. The van der Waals surface area contributed by atoms with Gasteiger partial charge in [-0.15, -0.1) is 0 Å². The van der Waals surface area contributed by atoms with Crippen LogP contribution in [0.2, 0.25) is 0 Å². The van der Waals surface area contributed by atoms with E-state index in [0.29, 0.717) is 0 Å². The Kier molecular flexibility index (Phi) is 6.55. The fraction of sp³-hybridized carbons (Fsp3) is 0.600. The van der Waals surface area contributed by atoms with Crippen LogP contribution < -0.4 is 20.4 Å². The maximum absolute atomic E-state index is 12.4. The molecule has 0 bridgehead atoms. The number of phenols is 1. The van der Waals surface area contributed by atoms with Crippen LogP contribution in [0.5, 0.6) is 5.75 Å². The number of hydrogen-bond donors (Lipinski definition) is 4. The molecule has 2 fully saturated rings. The summed E-state index contributed by atoms with van der Waals surface area (Å²) in [5, 5.41) is 14.9. The standard InChI is InChI=1S/C20H30N4O3/c1-15(19(26)22-20(27)21-16-5-3-2-4-6-16)23-11-13-24(14-12-23)17-7-9-18(25)10-8-17/h7-10,15-16,25H,2-6,11-14H2,1H3,(H2,21,22,26,27)/p+1/t15-/m1/s1. The lowest BCUT2D eigenvalue weighted by Gasteiger charge is -2.36. The number of anilines is 1. The van der Waals surface area contributed by atoms with E-state index < -0.39 is 0 Å². The second-order valence-electron chi connectivity index (χ2n) is 7.68. The van der Waals surface area contributed by atoms with Crippen LogP contribution in [0.15, 0.2) is 24.3 Å². The Morgan fingerprint density at radius 1 is 1.11 bits per heavy atom. The molecule has 0 aromatic heterocycles. The molecule has 7 heteroatoms. The number of aromatic hydroxyl groups is 1. The van der Waals surface area contributed by atoms with Gasteiger partial charge in [0.2, 0.25) is 0 Å². The Morgan fingerprint density at radius 2 is 1.74 bits per heavy atom. The molecule has 3 rings (SSSR count). The van der Waals surface area contributed by atoms with Gasteiger partial charge in [0.15, 0.2) is 6.04 Å². The van der Waals surface area contributed by atoms with Crippen LogP contribution in [0.25, 0.3) is 0 Å². The number of amides is 3. The van der Waals surface area contributed by atoms with E-state index in [1.54, 1.807) is 12.1 Å². The van der Waals surface area contributed by atoms with E-state index >= 15 is 0 Å². The molecule has 3 amide bonds. The van der Waals surface area contributed by atoms with Crippen LogP contribution in [0.3, 0.4) is 0 Å². The molecule has 1 heterocycles. The minimum absolute atomic E-state index is 0.197. The lowest BCUT2D eigenvalue weighted by molar-refractivity contribution is -0.914. The Balaban J connectivity index is 1.43. The summed E-state index contributed by atoms with van der Waals surface area (Å²) in [4.78, 5) is 28.0. The fourth-order valence-corrected chi connectivity index (χ4v) is 4.02. The summed E-state index contributed by atoms with van der Waals surface area (Å²) in [5.41, 5.74) is 1.08. The highest BCUT2D eigenvalue weighted by Crippen LogP contribution is 2.18. The van der Waals surface area contributed by atoms with Gasteiger partial charge in [-0.3, -0.25) is 10.1 Å². The third kappa shape index (κ3) is 5.35. The molecule has 0 unspecified atom stereocenters. The molecule has 1 saturated heterocycles. The van der Waals surface area contributed by atoms with E-state index in [1.807, 2.05) is 19.1 Å². The zero-order valence-corrected chi connectivity index (χ0v) is 16.0. The van der Waals surface area contributed by atoms with Crippen molar-refractivity contribution in [1.29, 1.82) is 0 Å². The molecule has 0 spiro atoms. The number of urea groups is 1. The predicted octanol–water partition coefficient (Wildman–Crippen LogP) is 0.644. The van der Waals surface area contributed by atoms with E-state index in [9.17, 15) is 14.7 Å². The van der Waals surface area contributed by atoms with E-state index in [-0.39, 0.29) is 29.8 Å². The van der Waals surface area contributed by atoms with Crippen LogP contribution >= 0.6 is 0 Å². The van der Waals surface area contributed by atoms with Crippen molar-refractivity contribution in [3.8, 4) is 5.75 Å². The van der Waals surface area contributed by atoms with Crippen molar-refractivity contribution in [2.45, 2.75) is 51.1 Å². The molecule has 0 radical (unpaired) electrons. The summed E-state index contributed by atoms with van der Waals surface area (Å²) >= 11 is 0. The van der Waals surface area contributed by atoms with Gasteiger partial charge in [0, 0.05) is 11.7 Å². The number of nitrogens with zero attached hydrogens (tertiary/aromatic N) is 1. The monoisotopic (exact) mass is 375 g/mol. The third-order valence-electron chi connectivity index (χ3n) is 5.80. The SMILES string of the molecule is C[C@H](C(=O)NC(=O)NC1CCCCC1)[NH+]1CCN(c2ccc(O)cc2)CC1. The molecule has 1 aromatic carbocycles. The number of rotatable bonds is 4. The van der Waals surface area contributed by atoms with Gasteiger partial charge in [-0.2, -0.15) is 0 Å². The molecular formula is C20H31N4O3+. The van der Waals surface area contributed by atoms with Crippen molar-refractivity contribution in [3.63, 3.8) is 0 Å². The predicted molar refractivity (Wildman–Crippen MR) is 104 cm³/mol. The van der Waals surface area contributed by atoms with Crippen molar-refractivity contribution in [2.75, 3.05) is 31.1 Å². The van der Waals surface area contributed by atoms with E-state index in [2.05, 4.69) is 15.5 Å². The zero-order valence-electron chi connectivity index (χ0n) is 16.0. The molecule has 27 heavy (non-hydrogen) atoms. The highest BCUT2D eigenvalue weighted by molar-refractivity contribution is 5.96. The van der Waals surface area contributed by atoms with Gasteiger partial charge in [0.25, 0.3) is 5.91 Å². The highest BCUT2D eigenvalue weighted by atomic mass is 16.3. The van der Waals surface area contributed by atoms with E-state index in [1.165, 1.54) is 11.3 Å². The number of piperazine rings is 1. The van der Waals surface area contributed by atoms with Gasteiger partial charge in [0.05, 0.1) is 26.2 Å². The summed E-state index contributed by atoms with van der Waals surface area (Å²) < 4.78 is 0. The van der Waals surface area contributed by atoms with Crippen molar-refractivity contribution < 1.29 is 19.6 Å². The first-order valence-electron chi connectivity index (χ1n) is 10.0. The van der Waals surface area contributed by atoms with E-state index in [0.717, 1.165) is 57.5 Å². The van der Waals surface area contributed by atoms with Crippen LogP contribution in [0.4, 0.5) is 10.5 Å². The largest absolute Gasteiger partial charge is 0.508 e. The van der Waals surface area contributed by atoms with E-state index in [4.69, 9.17) is 0 Å². The van der Waals surface area contributed by atoms with Crippen LogP contribution in [-0.4, -0.2) is 55.3 Å². The van der Waals surface area contributed by atoms with Crippen molar-refractivity contribution in [1.82, 2.24) is 10.6 Å². The Hall–Kier alpha value is -2.28. The summed E-state index contributed by atoms with van der Waals surface area (Å²) in [5.74, 6) is 0.0520. The average Bonchev–Trinajstić information content (AvgIpc) is 2.69. The molecule has 2 aliphatic rings. The topological polar surface area (TPSA) is 86.1 Å². The summed E-state index contributed by atoms with van der Waals surface area (Å²) in [6, 6.07) is 6.77. The summed E-state index contributed by atoms with van der Waals surface area (Å²) in [6.07, 6.45) is 5.52. The molecule has 1 aliphatic heterocycles. The number of carbonyl (C=O) groups is 2. The van der Waals surface area contributed by atoms with Crippen LogP contribution in [-0.2, 0) is 4.79 Å². The minimum atomic E-state index is -0.360. The van der Waals surface area contributed by atoms with Crippen LogP contribution in [0.1, 0.15) is 39.0 Å². The minimum Gasteiger partial charge on any atom is -0.508 e. The Morgan fingerprint density at radius 3 is 2.37 bits per heavy atom. The maximum atomic E-state index is 12.4. The van der Waals surface area contributed by atoms with Gasteiger partial charge in [-0.25, -0.2) is 4.79 Å². The fourth-order valence-electron chi connectivity index (χ4n) is 4.02. The lowest BCUT2D eigenvalue weighted by Crippen LogP contribution is -3.19.